The number of likely N-dealkylation sites (N-methyl/N-ethyl adjacent to an activating group) is 1. The molecule has 2 heterocycles. The summed E-state index contributed by atoms with van der Waals surface area (Å²) in [6, 6.07) is 19.5. The molecule has 0 fully saturated rings. The first-order valence-corrected chi connectivity index (χ1v) is 13.9. The first kappa shape index (κ1) is 27.2. The highest BCUT2D eigenvalue weighted by atomic mass is 32.2. The van der Waals surface area contributed by atoms with E-state index >= 15 is 0 Å². The number of ether oxygens (including phenoxy) is 1. The van der Waals surface area contributed by atoms with Gasteiger partial charge < -0.3 is 9.64 Å². The molecule has 4 rings (SSSR count). The maximum Gasteiger partial charge on any atom is 0.276 e. The van der Waals surface area contributed by atoms with Crippen LogP contribution in [0.3, 0.4) is 0 Å². The van der Waals surface area contributed by atoms with Gasteiger partial charge in [-0.05, 0) is 69.9 Å². The number of aromatic nitrogens is 3. The first-order valence-electron chi connectivity index (χ1n) is 12.4. The Hall–Kier alpha value is -3.89. The average Bonchev–Trinajstić information content (AvgIpc) is 3.18. The number of para-hydroxylation sites is 1. The Morgan fingerprint density at radius 2 is 1.79 bits per heavy atom. The van der Waals surface area contributed by atoms with Crippen molar-refractivity contribution in [3.05, 3.63) is 100 Å². The smallest absolute Gasteiger partial charge is 0.276 e. The van der Waals surface area contributed by atoms with Gasteiger partial charge in [-0.2, -0.15) is 4.68 Å². The Bertz CT molecular complexity index is 1540. The molecule has 1 N–H and O–H groups in total. The van der Waals surface area contributed by atoms with Gasteiger partial charge in [0, 0.05) is 37.0 Å². The summed E-state index contributed by atoms with van der Waals surface area (Å²) in [6.07, 6.45) is 1.84. The van der Waals surface area contributed by atoms with Crippen LogP contribution in [0.15, 0.2) is 82.6 Å². The Morgan fingerprint density at radius 3 is 2.50 bits per heavy atom. The van der Waals surface area contributed by atoms with Crippen LogP contribution >= 0.6 is 0 Å². The summed E-state index contributed by atoms with van der Waals surface area (Å²) in [7, 11) is -0.0412. The van der Waals surface area contributed by atoms with Crippen LogP contribution in [0.1, 0.15) is 23.7 Å². The zero-order chi connectivity index (χ0) is 27.3. The molecule has 0 aliphatic carbocycles. The maximum absolute atomic E-state index is 13.8. The molecule has 0 atom stereocenters. The van der Waals surface area contributed by atoms with E-state index in [0.717, 1.165) is 17.9 Å². The van der Waals surface area contributed by atoms with Crippen LogP contribution in [0, 0.1) is 6.92 Å². The van der Waals surface area contributed by atoms with E-state index in [-0.39, 0.29) is 22.8 Å². The van der Waals surface area contributed by atoms with Gasteiger partial charge in [-0.3, -0.25) is 14.2 Å². The van der Waals surface area contributed by atoms with Crippen molar-refractivity contribution >= 4 is 15.7 Å². The predicted molar refractivity (Wildman–Crippen MR) is 149 cm³/mol. The molecule has 0 unspecified atom stereocenters. The Morgan fingerprint density at radius 1 is 1.03 bits per heavy atom. The number of sulfonamides is 1. The molecular weight excluding hydrogens is 502 g/mol. The van der Waals surface area contributed by atoms with Gasteiger partial charge >= 0.3 is 0 Å². The average molecular weight is 536 g/mol. The summed E-state index contributed by atoms with van der Waals surface area (Å²) in [5.74, 6) is 0.763. The number of hydrogen-bond acceptors (Lipinski definition) is 6. The van der Waals surface area contributed by atoms with Crippen LogP contribution in [-0.4, -0.2) is 61.9 Å². The van der Waals surface area contributed by atoms with E-state index in [1.807, 2.05) is 49.3 Å². The van der Waals surface area contributed by atoms with Crippen molar-refractivity contribution in [2.45, 2.75) is 25.2 Å². The number of nitrogens with zero attached hydrogens (tertiary/aromatic N) is 4. The topological polar surface area (TPSA) is 101 Å². The molecule has 0 amide bonds. The van der Waals surface area contributed by atoms with Crippen LogP contribution in [0.5, 0.6) is 5.75 Å². The predicted octanol–water partition coefficient (Wildman–Crippen LogP) is 3.62. The van der Waals surface area contributed by atoms with Crippen LogP contribution < -0.4 is 14.6 Å². The van der Waals surface area contributed by atoms with Crippen molar-refractivity contribution in [2.75, 3.05) is 38.1 Å². The minimum Gasteiger partial charge on any atom is -0.492 e. The number of H-pyrrole nitrogens is 1. The SMILES string of the molecule is CCN(c1ccccc1)S(=O)(=O)c1cccnc1-n1[nH]c(C)c(Cc2cccc(OCCN(C)C)c2)c1=O. The van der Waals surface area contributed by atoms with E-state index < -0.39 is 10.0 Å². The second-order valence-corrected chi connectivity index (χ2v) is 11.0. The Kier molecular flexibility index (Phi) is 8.33. The number of rotatable bonds is 11. The summed E-state index contributed by atoms with van der Waals surface area (Å²) in [5, 5.41) is 3.04. The van der Waals surface area contributed by atoms with Crippen LogP contribution in [0.2, 0.25) is 0 Å². The Labute approximate surface area is 223 Å². The monoisotopic (exact) mass is 535 g/mol. The molecule has 0 aliphatic heterocycles. The lowest BCUT2D eigenvalue weighted by molar-refractivity contribution is 0.261. The van der Waals surface area contributed by atoms with Crippen molar-refractivity contribution in [3.63, 3.8) is 0 Å². The molecule has 4 aromatic rings. The molecular formula is C28H33N5O4S. The van der Waals surface area contributed by atoms with Crippen molar-refractivity contribution in [1.29, 1.82) is 0 Å². The quantitative estimate of drug-likeness (QED) is 0.315. The van der Waals surface area contributed by atoms with Crippen LogP contribution in [0.25, 0.3) is 5.82 Å². The van der Waals surface area contributed by atoms with Gasteiger partial charge in [-0.25, -0.2) is 13.4 Å². The number of aryl methyl sites for hydroxylation is 1. The lowest BCUT2D eigenvalue weighted by Gasteiger charge is -2.23. The number of anilines is 1. The summed E-state index contributed by atoms with van der Waals surface area (Å²) in [6.45, 7) is 5.13. The largest absolute Gasteiger partial charge is 0.492 e. The zero-order valence-electron chi connectivity index (χ0n) is 22.1. The molecule has 0 saturated heterocycles. The number of benzene rings is 2. The lowest BCUT2D eigenvalue weighted by atomic mass is 10.1. The van der Waals surface area contributed by atoms with Gasteiger partial charge in [0.25, 0.3) is 15.6 Å². The highest BCUT2D eigenvalue weighted by Crippen LogP contribution is 2.26. The molecule has 2 aromatic heterocycles. The fraction of sp³-hybridized carbons (Fsp3) is 0.286. The number of nitrogens with one attached hydrogen (secondary N) is 1. The van der Waals surface area contributed by atoms with Gasteiger partial charge in [0.05, 0.1) is 5.69 Å². The first-order chi connectivity index (χ1) is 18.2. The molecule has 0 bridgehead atoms. The van der Waals surface area contributed by atoms with E-state index in [9.17, 15) is 13.2 Å². The van der Waals surface area contributed by atoms with Crippen molar-refractivity contribution < 1.29 is 13.2 Å². The fourth-order valence-corrected chi connectivity index (χ4v) is 5.79. The third kappa shape index (κ3) is 5.81. The van der Waals surface area contributed by atoms with Gasteiger partial charge in [0.1, 0.15) is 17.3 Å². The van der Waals surface area contributed by atoms with E-state index in [0.29, 0.717) is 30.0 Å². The number of hydrogen-bond donors (Lipinski definition) is 1. The minimum atomic E-state index is -4.01. The van der Waals surface area contributed by atoms with Crippen LogP contribution in [0.4, 0.5) is 5.69 Å². The maximum atomic E-state index is 13.8. The van der Waals surface area contributed by atoms with E-state index in [2.05, 4.69) is 10.1 Å². The highest BCUT2D eigenvalue weighted by Gasteiger charge is 2.29. The molecule has 0 aliphatic rings. The van der Waals surface area contributed by atoms with Gasteiger partial charge in [-0.15, -0.1) is 0 Å². The lowest BCUT2D eigenvalue weighted by Crippen LogP contribution is -2.32. The second-order valence-electron chi connectivity index (χ2n) is 9.16. The van der Waals surface area contributed by atoms with Crippen molar-refractivity contribution in [3.8, 4) is 11.6 Å². The molecule has 38 heavy (non-hydrogen) atoms. The third-order valence-electron chi connectivity index (χ3n) is 6.14. The Balaban J connectivity index is 1.68. The van der Waals surface area contributed by atoms with E-state index in [1.54, 1.807) is 44.2 Å². The van der Waals surface area contributed by atoms with Gasteiger partial charge in [0.2, 0.25) is 0 Å². The molecule has 10 heteroatoms. The highest BCUT2D eigenvalue weighted by molar-refractivity contribution is 7.93. The molecule has 0 radical (unpaired) electrons. The second kappa shape index (κ2) is 11.7. The van der Waals surface area contributed by atoms with Gasteiger partial charge in [-0.1, -0.05) is 30.3 Å². The van der Waals surface area contributed by atoms with E-state index in [1.165, 1.54) is 21.3 Å². The summed E-state index contributed by atoms with van der Waals surface area (Å²) < 4.78 is 35.9. The van der Waals surface area contributed by atoms with Gasteiger partial charge in [0.15, 0.2) is 5.82 Å². The molecule has 9 nitrogen and oxygen atoms in total. The molecule has 0 saturated carbocycles. The minimum absolute atomic E-state index is 0.0296. The summed E-state index contributed by atoms with van der Waals surface area (Å²) >= 11 is 0. The van der Waals surface area contributed by atoms with Crippen LogP contribution in [-0.2, 0) is 16.4 Å². The third-order valence-corrected chi connectivity index (χ3v) is 8.07. The molecule has 2 aromatic carbocycles. The normalized spacial score (nSPS) is 11.6. The number of aromatic amines is 1. The molecule has 200 valence electrons. The van der Waals surface area contributed by atoms with Crippen molar-refractivity contribution in [2.24, 2.45) is 0 Å². The molecule has 0 spiro atoms. The number of pyridine rings is 1. The fourth-order valence-electron chi connectivity index (χ4n) is 4.19. The summed E-state index contributed by atoms with van der Waals surface area (Å²) in [4.78, 5) is 19.9. The standard InChI is InChI=1S/C28H33N5O4S/c1-5-32(23-12-7-6-8-13-23)38(35,36)26-15-10-16-29-27(26)33-28(34)25(21(2)30-33)20-22-11-9-14-24(19-22)37-18-17-31(3)4/h6-16,19,30H,5,17-18,20H2,1-4H3. The summed E-state index contributed by atoms with van der Waals surface area (Å²) in [5.41, 5.74) is 2.26. The zero-order valence-corrected chi connectivity index (χ0v) is 22.9. The van der Waals surface area contributed by atoms with E-state index in [4.69, 9.17) is 4.74 Å². The van der Waals surface area contributed by atoms with Crippen molar-refractivity contribution in [1.82, 2.24) is 19.7 Å².